The van der Waals surface area contributed by atoms with E-state index in [0.717, 1.165) is 0 Å². The normalized spacial score (nSPS) is 27.0. The van der Waals surface area contributed by atoms with Crippen molar-refractivity contribution in [3.05, 3.63) is 17.0 Å². The molecule has 0 bridgehead atoms. The van der Waals surface area contributed by atoms with Gasteiger partial charge in [-0.3, -0.25) is 9.59 Å². The predicted molar refractivity (Wildman–Crippen MR) is 82.2 cm³/mol. The summed E-state index contributed by atoms with van der Waals surface area (Å²) < 4.78 is 5.60. The highest BCUT2D eigenvalue weighted by Crippen LogP contribution is 2.50. The maximum absolute atomic E-state index is 12.5. The van der Waals surface area contributed by atoms with Gasteiger partial charge in [0.1, 0.15) is 10.5 Å². The van der Waals surface area contributed by atoms with Crippen LogP contribution in [0.5, 0.6) is 0 Å². The molecule has 2 amide bonds. The Morgan fingerprint density at radius 3 is 2.71 bits per heavy atom. The quantitative estimate of drug-likeness (QED) is 0.762. The maximum atomic E-state index is 12.5. The molecule has 0 saturated heterocycles. The molecule has 1 aromatic rings. The van der Waals surface area contributed by atoms with E-state index in [1.54, 1.807) is 11.4 Å². The molecule has 0 aliphatic heterocycles. The molecule has 5 N–H and O–H groups in total. The van der Waals surface area contributed by atoms with Crippen LogP contribution in [0.1, 0.15) is 37.6 Å². The molecule has 6 nitrogen and oxygen atoms in total. The monoisotopic (exact) mass is 311 g/mol. The number of ether oxygens (including phenoxy) is 1. The van der Waals surface area contributed by atoms with Crippen LogP contribution in [0.4, 0.5) is 5.00 Å². The number of rotatable bonds is 5. The summed E-state index contributed by atoms with van der Waals surface area (Å²) in [5, 5.41) is 4.87. The first-order valence-electron chi connectivity index (χ1n) is 6.83. The molecule has 1 aliphatic rings. The maximum Gasteiger partial charge on any atom is 0.251 e. The minimum absolute atomic E-state index is 0.0443. The second kappa shape index (κ2) is 5.40. The number of carbonyl (C=O) groups excluding carboxylic acids is 2. The van der Waals surface area contributed by atoms with Crippen molar-refractivity contribution >= 4 is 28.2 Å². The zero-order valence-corrected chi connectivity index (χ0v) is 13.3. The molecule has 1 aromatic heterocycles. The summed E-state index contributed by atoms with van der Waals surface area (Å²) >= 11 is 1.25. The molecule has 2 unspecified atom stereocenters. The number of hydrogen-bond donors (Lipinski definition) is 3. The van der Waals surface area contributed by atoms with Gasteiger partial charge in [0.2, 0.25) is 5.91 Å². The summed E-state index contributed by atoms with van der Waals surface area (Å²) in [5.41, 5.74) is 10.4. The van der Waals surface area contributed by atoms with Crippen LogP contribution in [0, 0.1) is 5.41 Å². The molecule has 1 fully saturated rings. The Morgan fingerprint density at radius 2 is 2.19 bits per heavy atom. The van der Waals surface area contributed by atoms with Gasteiger partial charge in [-0.05, 0) is 18.4 Å². The predicted octanol–water partition coefficient (Wildman–Crippen LogP) is 1.32. The van der Waals surface area contributed by atoms with Crippen LogP contribution in [-0.4, -0.2) is 30.1 Å². The van der Waals surface area contributed by atoms with Gasteiger partial charge in [0.05, 0.1) is 11.7 Å². The van der Waals surface area contributed by atoms with E-state index in [1.807, 2.05) is 20.8 Å². The Bertz CT molecular complexity index is 570. The number of hydrogen-bond acceptors (Lipinski definition) is 5. The Morgan fingerprint density at radius 1 is 1.52 bits per heavy atom. The minimum atomic E-state index is -1.02. The zero-order valence-electron chi connectivity index (χ0n) is 12.4. The van der Waals surface area contributed by atoms with Crippen molar-refractivity contribution in [3.63, 3.8) is 0 Å². The van der Waals surface area contributed by atoms with Gasteiger partial charge in [-0.2, -0.15) is 0 Å². The molecule has 7 heteroatoms. The summed E-state index contributed by atoms with van der Waals surface area (Å²) in [7, 11) is 0. The molecule has 0 spiro atoms. The minimum Gasteiger partial charge on any atom is -0.378 e. The van der Waals surface area contributed by atoms with E-state index in [-0.39, 0.29) is 12.0 Å². The highest BCUT2D eigenvalue weighted by molar-refractivity contribution is 7.14. The fourth-order valence-electron chi connectivity index (χ4n) is 2.64. The van der Waals surface area contributed by atoms with Crippen LogP contribution in [0.2, 0.25) is 0 Å². The molecule has 2 atom stereocenters. The average molecular weight is 311 g/mol. The largest absolute Gasteiger partial charge is 0.378 e. The Balaban J connectivity index is 2.14. The van der Waals surface area contributed by atoms with Crippen LogP contribution in [-0.2, 0) is 9.53 Å². The third kappa shape index (κ3) is 2.45. The van der Waals surface area contributed by atoms with Crippen molar-refractivity contribution in [1.82, 2.24) is 0 Å². The molecule has 1 heterocycles. The third-order valence-electron chi connectivity index (χ3n) is 4.39. The van der Waals surface area contributed by atoms with Crippen molar-refractivity contribution in [3.8, 4) is 0 Å². The molecular weight excluding hydrogens is 290 g/mol. The van der Waals surface area contributed by atoms with Crippen molar-refractivity contribution in [1.29, 1.82) is 0 Å². The van der Waals surface area contributed by atoms with Gasteiger partial charge >= 0.3 is 0 Å². The second-order valence-corrected chi connectivity index (χ2v) is 6.74. The van der Waals surface area contributed by atoms with E-state index in [4.69, 9.17) is 16.2 Å². The van der Waals surface area contributed by atoms with Crippen LogP contribution in [0.25, 0.3) is 0 Å². The van der Waals surface area contributed by atoms with Gasteiger partial charge in [-0.15, -0.1) is 11.3 Å². The van der Waals surface area contributed by atoms with E-state index >= 15 is 0 Å². The van der Waals surface area contributed by atoms with E-state index in [0.29, 0.717) is 23.6 Å². The second-order valence-electron chi connectivity index (χ2n) is 5.82. The number of nitrogens with two attached hydrogens (primary N) is 2. The van der Waals surface area contributed by atoms with Crippen LogP contribution < -0.4 is 16.8 Å². The van der Waals surface area contributed by atoms with Crippen molar-refractivity contribution in [2.24, 2.45) is 16.9 Å². The first kappa shape index (κ1) is 15.9. The van der Waals surface area contributed by atoms with Gasteiger partial charge in [0, 0.05) is 18.4 Å². The number of thiophene rings is 1. The van der Waals surface area contributed by atoms with Crippen molar-refractivity contribution in [2.75, 3.05) is 11.9 Å². The van der Waals surface area contributed by atoms with E-state index < -0.39 is 16.9 Å². The number of anilines is 1. The lowest BCUT2D eigenvalue weighted by Crippen LogP contribution is -2.74. The van der Waals surface area contributed by atoms with Crippen LogP contribution >= 0.6 is 11.3 Å². The SMILES string of the molecule is CCOC1CC(N)(C(=O)Nc2sccc2C(N)=O)C1(C)C. The fraction of sp³-hybridized carbons (Fsp3) is 0.571. The summed E-state index contributed by atoms with van der Waals surface area (Å²) in [5.74, 6) is -0.883. The summed E-state index contributed by atoms with van der Waals surface area (Å²) in [6, 6.07) is 1.58. The topological polar surface area (TPSA) is 107 Å². The highest BCUT2D eigenvalue weighted by atomic mass is 32.1. The smallest absolute Gasteiger partial charge is 0.251 e. The van der Waals surface area contributed by atoms with Gasteiger partial charge < -0.3 is 21.5 Å². The standard InChI is InChI=1S/C14H21N3O3S/c1-4-20-9-7-14(16,13(9,2)3)12(19)17-11-8(10(15)18)5-6-21-11/h5-6,9H,4,7,16H2,1-3H3,(H2,15,18)(H,17,19). The first-order valence-corrected chi connectivity index (χ1v) is 7.71. The molecule has 0 radical (unpaired) electrons. The molecule has 1 saturated carbocycles. The fourth-order valence-corrected chi connectivity index (χ4v) is 3.42. The van der Waals surface area contributed by atoms with Gasteiger partial charge in [0.25, 0.3) is 5.91 Å². The Kier molecular flexibility index (Phi) is 4.10. The van der Waals surface area contributed by atoms with Gasteiger partial charge in [-0.1, -0.05) is 13.8 Å². The number of primary amides is 1. The lowest BCUT2D eigenvalue weighted by molar-refractivity contribution is -0.166. The molecule has 0 aromatic carbocycles. The molecular formula is C14H21N3O3S. The van der Waals surface area contributed by atoms with Gasteiger partial charge in [-0.25, -0.2) is 0 Å². The highest BCUT2D eigenvalue weighted by Gasteiger charge is 2.62. The summed E-state index contributed by atoms with van der Waals surface area (Å²) in [6.07, 6.45) is 0.411. The summed E-state index contributed by atoms with van der Waals surface area (Å²) in [4.78, 5) is 23.8. The number of nitrogens with one attached hydrogen (secondary N) is 1. The number of amides is 2. The lowest BCUT2D eigenvalue weighted by Gasteiger charge is -2.57. The van der Waals surface area contributed by atoms with Crippen molar-refractivity contribution in [2.45, 2.75) is 38.8 Å². The van der Waals surface area contributed by atoms with Crippen LogP contribution in [0.15, 0.2) is 11.4 Å². The molecule has 1 aliphatic carbocycles. The average Bonchev–Trinajstić information content (AvgIpc) is 2.86. The summed E-state index contributed by atoms with van der Waals surface area (Å²) in [6.45, 7) is 6.33. The molecule has 2 rings (SSSR count). The van der Waals surface area contributed by atoms with E-state index in [1.165, 1.54) is 11.3 Å². The molecule has 116 valence electrons. The lowest BCUT2D eigenvalue weighted by atomic mass is 9.54. The van der Waals surface area contributed by atoms with Crippen LogP contribution in [0.3, 0.4) is 0 Å². The Labute approximate surface area is 127 Å². The van der Waals surface area contributed by atoms with Gasteiger partial charge in [0.15, 0.2) is 0 Å². The zero-order chi connectivity index (χ0) is 15.8. The third-order valence-corrected chi connectivity index (χ3v) is 5.22. The number of carbonyl (C=O) groups is 2. The van der Waals surface area contributed by atoms with E-state index in [9.17, 15) is 9.59 Å². The molecule has 21 heavy (non-hydrogen) atoms. The van der Waals surface area contributed by atoms with E-state index in [2.05, 4.69) is 5.32 Å². The first-order chi connectivity index (χ1) is 9.74. The Hall–Kier alpha value is -1.44. The van der Waals surface area contributed by atoms with Crippen molar-refractivity contribution < 1.29 is 14.3 Å².